The highest BCUT2D eigenvalue weighted by molar-refractivity contribution is 7.13. The third-order valence-electron chi connectivity index (χ3n) is 2.37. The maximum atomic E-state index is 12.2. The Kier molecular flexibility index (Phi) is 3.86. The van der Waals surface area contributed by atoms with Crippen molar-refractivity contribution >= 4 is 28.7 Å². The van der Waals surface area contributed by atoms with Crippen LogP contribution in [0.2, 0.25) is 0 Å². The summed E-state index contributed by atoms with van der Waals surface area (Å²) in [7, 11) is 0. The summed E-state index contributed by atoms with van der Waals surface area (Å²) in [6.07, 6.45) is 0. The molecule has 0 aliphatic rings. The van der Waals surface area contributed by atoms with Crippen LogP contribution in [0.25, 0.3) is 0 Å². The van der Waals surface area contributed by atoms with Gasteiger partial charge in [-0.2, -0.15) is 0 Å². The van der Waals surface area contributed by atoms with Crippen LogP contribution in [0.15, 0.2) is 41.8 Å². The van der Waals surface area contributed by atoms with Crippen molar-refractivity contribution in [2.24, 2.45) is 5.73 Å². The summed E-state index contributed by atoms with van der Waals surface area (Å²) in [5, 5.41) is 4.38. The minimum atomic E-state index is -0.310. The Balaban J connectivity index is 2.27. The quantitative estimate of drug-likeness (QED) is 0.824. The summed E-state index contributed by atoms with van der Waals surface area (Å²) in [6, 6.07) is 10.7. The largest absolute Gasteiger partial charge is 0.324 e. The molecule has 4 nitrogen and oxygen atoms in total. The molecule has 0 unspecified atom stereocenters. The molecule has 1 heterocycles. The number of anilines is 1. The van der Waals surface area contributed by atoms with E-state index in [-0.39, 0.29) is 18.2 Å². The number of hydrogen-bond acceptors (Lipinski definition) is 4. The smallest absolute Gasteiger partial charge is 0.238 e. The number of carbonyl (C=O) groups is 2. The van der Waals surface area contributed by atoms with E-state index in [0.717, 1.165) is 0 Å². The van der Waals surface area contributed by atoms with Crippen molar-refractivity contribution in [3.63, 3.8) is 0 Å². The van der Waals surface area contributed by atoms with Gasteiger partial charge in [0.2, 0.25) is 11.7 Å². The molecular formula is C13H12N2O2S. The molecule has 2 aromatic rings. The van der Waals surface area contributed by atoms with E-state index in [4.69, 9.17) is 5.73 Å². The van der Waals surface area contributed by atoms with Crippen molar-refractivity contribution < 1.29 is 9.59 Å². The van der Waals surface area contributed by atoms with E-state index >= 15 is 0 Å². The fourth-order valence-electron chi connectivity index (χ4n) is 1.51. The Morgan fingerprint density at radius 3 is 2.56 bits per heavy atom. The molecule has 0 aliphatic heterocycles. The maximum absolute atomic E-state index is 12.2. The lowest BCUT2D eigenvalue weighted by atomic mass is 10.1. The van der Waals surface area contributed by atoms with Crippen molar-refractivity contribution in [1.29, 1.82) is 0 Å². The number of ketones is 1. The van der Waals surface area contributed by atoms with Gasteiger partial charge >= 0.3 is 0 Å². The van der Waals surface area contributed by atoms with Gasteiger partial charge in [0.1, 0.15) is 0 Å². The second kappa shape index (κ2) is 5.57. The van der Waals surface area contributed by atoms with E-state index in [1.165, 1.54) is 11.3 Å². The van der Waals surface area contributed by atoms with Crippen LogP contribution in [0.4, 0.5) is 5.69 Å². The van der Waals surface area contributed by atoms with Gasteiger partial charge in [-0.15, -0.1) is 11.3 Å². The first-order valence-corrected chi connectivity index (χ1v) is 6.27. The van der Waals surface area contributed by atoms with Gasteiger partial charge in [-0.3, -0.25) is 9.59 Å². The Morgan fingerprint density at radius 2 is 1.89 bits per heavy atom. The number of carbonyl (C=O) groups excluding carboxylic acids is 2. The number of benzene rings is 1. The third kappa shape index (κ3) is 2.64. The van der Waals surface area contributed by atoms with Crippen LogP contribution in [-0.2, 0) is 4.79 Å². The number of amides is 1. The van der Waals surface area contributed by atoms with Crippen molar-refractivity contribution in [2.45, 2.75) is 0 Å². The number of nitrogens with two attached hydrogens (primary N) is 1. The lowest BCUT2D eigenvalue weighted by molar-refractivity contribution is -0.114. The lowest BCUT2D eigenvalue weighted by Gasteiger charge is -2.04. The Hall–Kier alpha value is -1.98. The highest BCUT2D eigenvalue weighted by atomic mass is 32.1. The molecule has 0 spiro atoms. The predicted molar refractivity (Wildman–Crippen MR) is 71.9 cm³/mol. The monoisotopic (exact) mass is 260 g/mol. The first kappa shape index (κ1) is 12.5. The van der Waals surface area contributed by atoms with Gasteiger partial charge < -0.3 is 11.1 Å². The van der Waals surface area contributed by atoms with E-state index in [9.17, 15) is 9.59 Å². The summed E-state index contributed by atoms with van der Waals surface area (Å²) in [4.78, 5) is 24.0. The highest BCUT2D eigenvalue weighted by Gasteiger charge is 2.16. The highest BCUT2D eigenvalue weighted by Crippen LogP contribution is 2.25. The molecule has 92 valence electrons. The van der Waals surface area contributed by atoms with Gasteiger partial charge in [-0.25, -0.2) is 0 Å². The normalized spacial score (nSPS) is 10.1. The minimum absolute atomic E-state index is 0.0991. The van der Waals surface area contributed by atoms with Crippen LogP contribution in [0, 0.1) is 0 Å². The van der Waals surface area contributed by atoms with Crippen molar-refractivity contribution in [2.75, 3.05) is 11.9 Å². The maximum Gasteiger partial charge on any atom is 0.238 e. The Morgan fingerprint density at radius 1 is 1.17 bits per heavy atom. The molecule has 0 saturated carbocycles. The molecule has 0 atom stereocenters. The number of hydrogen-bond donors (Lipinski definition) is 2. The zero-order chi connectivity index (χ0) is 13.0. The average molecular weight is 260 g/mol. The molecule has 0 aliphatic carbocycles. The Labute approximate surface area is 108 Å². The predicted octanol–water partition coefficient (Wildman–Crippen LogP) is 1.88. The molecule has 3 N–H and O–H groups in total. The van der Waals surface area contributed by atoms with Crippen molar-refractivity contribution in [3.8, 4) is 0 Å². The van der Waals surface area contributed by atoms with Crippen molar-refractivity contribution in [3.05, 3.63) is 52.2 Å². The lowest BCUT2D eigenvalue weighted by Crippen LogP contribution is -2.22. The molecule has 0 saturated heterocycles. The fourth-order valence-corrected chi connectivity index (χ4v) is 2.32. The fraction of sp³-hybridized carbons (Fsp3) is 0.0769. The van der Waals surface area contributed by atoms with Gasteiger partial charge in [-0.1, -0.05) is 30.3 Å². The molecule has 2 rings (SSSR count). The summed E-state index contributed by atoms with van der Waals surface area (Å²) >= 11 is 1.30. The van der Waals surface area contributed by atoms with E-state index in [0.29, 0.717) is 16.1 Å². The van der Waals surface area contributed by atoms with Crippen LogP contribution in [0.5, 0.6) is 0 Å². The summed E-state index contributed by atoms with van der Waals surface area (Å²) in [6.45, 7) is -0.102. The molecule has 1 aromatic heterocycles. The van der Waals surface area contributed by atoms with Gasteiger partial charge in [0.15, 0.2) is 0 Å². The minimum Gasteiger partial charge on any atom is -0.324 e. The summed E-state index contributed by atoms with van der Waals surface area (Å²) in [5.74, 6) is -0.409. The number of nitrogens with one attached hydrogen (secondary N) is 1. The second-order valence-electron chi connectivity index (χ2n) is 3.61. The summed E-state index contributed by atoms with van der Waals surface area (Å²) < 4.78 is 0. The first-order valence-electron chi connectivity index (χ1n) is 5.39. The van der Waals surface area contributed by atoms with Gasteiger partial charge in [-0.05, 0) is 11.4 Å². The molecule has 0 radical (unpaired) electrons. The molecule has 5 heteroatoms. The van der Waals surface area contributed by atoms with Crippen LogP contribution in [0.1, 0.15) is 15.2 Å². The Bertz CT molecular complexity index is 563. The third-order valence-corrected chi connectivity index (χ3v) is 3.28. The van der Waals surface area contributed by atoms with Gasteiger partial charge in [0, 0.05) is 5.56 Å². The van der Waals surface area contributed by atoms with E-state index in [1.807, 2.05) is 6.07 Å². The molecule has 0 bridgehead atoms. The average Bonchev–Trinajstić information content (AvgIpc) is 2.86. The van der Waals surface area contributed by atoms with Crippen LogP contribution < -0.4 is 11.1 Å². The van der Waals surface area contributed by atoms with Crippen LogP contribution in [-0.4, -0.2) is 18.2 Å². The first-order chi connectivity index (χ1) is 8.72. The van der Waals surface area contributed by atoms with Crippen molar-refractivity contribution in [1.82, 2.24) is 0 Å². The van der Waals surface area contributed by atoms with Crippen LogP contribution in [0.3, 0.4) is 0 Å². The molecule has 1 amide bonds. The van der Waals surface area contributed by atoms with Gasteiger partial charge in [0.25, 0.3) is 0 Å². The van der Waals surface area contributed by atoms with E-state index in [1.54, 1.807) is 35.7 Å². The molecule has 0 fully saturated rings. The molecule has 1 aromatic carbocycles. The van der Waals surface area contributed by atoms with E-state index < -0.39 is 0 Å². The topological polar surface area (TPSA) is 72.2 Å². The zero-order valence-corrected chi connectivity index (χ0v) is 10.4. The van der Waals surface area contributed by atoms with Gasteiger partial charge in [0.05, 0.1) is 17.1 Å². The second-order valence-corrected chi connectivity index (χ2v) is 4.53. The molecule has 18 heavy (non-hydrogen) atoms. The zero-order valence-electron chi connectivity index (χ0n) is 9.55. The SMILES string of the molecule is NCC(=O)Nc1ccsc1C(=O)c1ccccc1. The molecular weight excluding hydrogens is 248 g/mol. The van der Waals surface area contributed by atoms with Crippen LogP contribution >= 0.6 is 11.3 Å². The van der Waals surface area contributed by atoms with E-state index in [2.05, 4.69) is 5.32 Å². The number of thiophene rings is 1. The summed E-state index contributed by atoms with van der Waals surface area (Å²) in [5.41, 5.74) is 6.35. The number of rotatable bonds is 4. The standard InChI is InChI=1S/C13H12N2O2S/c14-8-11(16)15-10-6-7-18-13(10)12(17)9-4-2-1-3-5-9/h1-7H,8,14H2,(H,15,16).